The zero-order valence-corrected chi connectivity index (χ0v) is 20.0. The fourth-order valence-corrected chi connectivity index (χ4v) is 4.37. The van der Waals surface area contributed by atoms with Gasteiger partial charge < -0.3 is 9.88 Å². The van der Waals surface area contributed by atoms with E-state index in [2.05, 4.69) is 15.5 Å². The first kappa shape index (κ1) is 22.6. The van der Waals surface area contributed by atoms with E-state index in [9.17, 15) is 4.79 Å². The maximum absolute atomic E-state index is 11.7. The lowest BCUT2D eigenvalue weighted by Crippen LogP contribution is -2.25. The van der Waals surface area contributed by atoms with Gasteiger partial charge in [0.15, 0.2) is 5.82 Å². The van der Waals surface area contributed by atoms with Gasteiger partial charge in [-0.3, -0.25) is 14.8 Å². The molecule has 7 nitrogen and oxygen atoms in total. The van der Waals surface area contributed by atoms with Crippen LogP contribution in [0.5, 0.6) is 0 Å². The molecule has 1 amide bonds. The number of hydrogen-bond donors (Lipinski definition) is 2. The molecule has 0 spiro atoms. The number of carbonyl (C=O) groups is 1. The molecule has 3 aromatic carbocycles. The highest BCUT2D eigenvalue weighted by Gasteiger charge is 2.16. The van der Waals surface area contributed by atoms with Crippen molar-refractivity contribution in [3.8, 4) is 17.1 Å². The normalized spacial score (nSPS) is 11.1. The third-order valence-electron chi connectivity index (χ3n) is 5.81. The number of imidazole rings is 1. The molecule has 0 saturated heterocycles. The molecular weight excluding hydrogens is 460 g/mol. The minimum atomic E-state index is -0.152. The summed E-state index contributed by atoms with van der Waals surface area (Å²) in [4.78, 5) is 11.7. The molecule has 2 aromatic heterocycles. The Morgan fingerprint density at radius 2 is 1.71 bits per heavy atom. The van der Waals surface area contributed by atoms with Crippen LogP contribution in [0.4, 0.5) is 5.69 Å². The Hall–Kier alpha value is -4.23. The van der Waals surface area contributed by atoms with E-state index in [1.165, 1.54) is 6.92 Å². The number of para-hydroxylation sites is 2. The Morgan fingerprint density at radius 3 is 2.43 bits per heavy atom. The van der Waals surface area contributed by atoms with Crippen molar-refractivity contribution < 1.29 is 4.79 Å². The Balaban J connectivity index is 1.60. The minimum Gasteiger partial charge on any atom is -0.326 e. The number of carbonyl (C=O) groups excluding carboxylic acids is 1. The smallest absolute Gasteiger partial charge is 0.221 e. The van der Waals surface area contributed by atoms with Crippen molar-refractivity contribution in [2.45, 2.75) is 20.4 Å². The van der Waals surface area contributed by atoms with Crippen LogP contribution in [0.2, 0.25) is 5.02 Å². The molecule has 35 heavy (non-hydrogen) atoms. The van der Waals surface area contributed by atoms with Gasteiger partial charge in [0.1, 0.15) is 0 Å². The van der Waals surface area contributed by atoms with E-state index in [1.54, 1.807) is 4.57 Å². The van der Waals surface area contributed by atoms with Gasteiger partial charge in [0.2, 0.25) is 11.5 Å². The van der Waals surface area contributed by atoms with Gasteiger partial charge >= 0.3 is 0 Å². The maximum Gasteiger partial charge on any atom is 0.221 e. The number of nitrogens with zero attached hydrogens (tertiary/aromatic N) is 4. The SMILES string of the molecule is CC(=O)Nc1ccc(C)cc1-c1ccc(-n2c(=N)n(Cc3ccccc3Cl)c3ccccc32)nn1. The second-order valence-electron chi connectivity index (χ2n) is 8.33. The monoisotopic (exact) mass is 482 g/mol. The van der Waals surface area contributed by atoms with Crippen molar-refractivity contribution in [1.82, 2.24) is 19.3 Å². The van der Waals surface area contributed by atoms with Crippen LogP contribution >= 0.6 is 11.6 Å². The average molecular weight is 483 g/mol. The van der Waals surface area contributed by atoms with Crippen LogP contribution in [0.1, 0.15) is 18.1 Å². The van der Waals surface area contributed by atoms with E-state index in [4.69, 9.17) is 17.0 Å². The highest BCUT2D eigenvalue weighted by atomic mass is 35.5. The molecule has 5 aromatic rings. The summed E-state index contributed by atoms with van der Waals surface area (Å²) in [5.41, 5.74) is 6.09. The van der Waals surface area contributed by atoms with Gasteiger partial charge in [0, 0.05) is 17.5 Å². The summed E-state index contributed by atoms with van der Waals surface area (Å²) in [6.07, 6.45) is 0. The van der Waals surface area contributed by atoms with Crippen LogP contribution in [0.3, 0.4) is 0 Å². The molecule has 0 aliphatic heterocycles. The van der Waals surface area contributed by atoms with Crippen LogP contribution in [0, 0.1) is 12.3 Å². The van der Waals surface area contributed by atoms with E-state index in [0.717, 1.165) is 27.7 Å². The summed E-state index contributed by atoms with van der Waals surface area (Å²) in [6.45, 7) is 3.92. The number of amides is 1. The lowest BCUT2D eigenvalue weighted by molar-refractivity contribution is -0.114. The molecule has 0 bridgehead atoms. The molecule has 2 heterocycles. The molecule has 8 heteroatoms. The molecule has 0 radical (unpaired) electrons. The van der Waals surface area contributed by atoms with Crippen LogP contribution in [0.25, 0.3) is 28.1 Å². The largest absolute Gasteiger partial charge is 0.326 e. The second kappa shape index (κ2) is 9.19. The van der Waals surface area contributed by atoms with Crippen molar-refractivity contribution in [2.24, 2.45) is 0 Å². The highest BCUT2D eigenvalue weighted by molar-refractivity contribution is 6.31. The van der Waals surface area contributed by atoms with Gasteiger partial charge in [-0.15, -0.1) is 10.2 Å². The standard InChI is InChI=1S/C27H23ClN6O/c1-17-11-12-22(30-18(2)35)20(15-17)23-13-14-26(32-31-23)34-25-10-6-5-9-24(25)33(27(34)29)16-19-7-3-4-8-21(19)28/h3-15,29H,16H2,1-2H3,(H,30,35). The number of anilines is 1. The summed E-state index contributed by atoms with van der Waals surface area (Å²) in [7, 11) is 0. The first-order valence-corrected chi connectivity index (χ1v) is 11.5. The molecule has 174 valence electrons. The fourth-order valence-electron chi connectivity index (χ4n) is 4.18. The number of aromatic nitrogens is 4. The van der Waals surface area contributed by atoms with Crippen molar-refractivity contribution in [1.29, 1.82) is 5.41 Å². The van der Waals surface area contributed by atoms with Crippen LogP contribution in [-0.2, 0) is 11.3 Å². The molecule has 2 N–H and O–H groups in total. The topological polar surface area (TPSA) is 88.6 Å². The Kier molecular flexibility index (Phi) is 5.93. The summed E-state index contributed by atoms with van der Waals surface area (Å²) in [5, 5.41) is 21.4. The summed E-state index contributed by atoms with van der Waals surface area (Å²) >= 11 is 6.40. The predicted molar refractivity (Wildman–Crippen MR) is 138 cm³/mol. The first-order chi connectivity index (χ1) is 16.9. The molecule has 0 fully saturated rings. The van der Waals surface area contributed by atoms with Gasteiger partial charge in [0.05, 0.1) is 29.0 Å². The molecule has 0 saturated carbocycles. The number of benzene rings is 3. The third-order valence-corrected chi connectivity index (χ3v) is 6.18. The fraction of sp³-hybridized carbons (Fsp3) is 0.111. The maximum atomic E-state index is 11.7. The third kappa shape index (κ3) is 4.34. The Bertz CT molecular complexity index is 1620. The summed E-state index contributed by atoms with van der Waals surface area (Å²) in [5.74, 6) is 0.377. The highest BCUT2D eigenvalue weighted by Crippen LogP contribution is 2.28. The number of hydrogen-bond acceptors (Lipinski definition) is 4. The molecular formula is C27H23ClN6O. The predicted octanol–water partition coefficient (Wildman–Crippen LogP) is 5.34. The van der Waals surface area contributed by atoms with Crippen LogP contribution in [-0.4, -0.2) is 25.2 Å². The number of fused-ring (bicyclic) bond motifs is 1. The molecule has 0 unspecified atom stereocenters. The number of nitrogens with one attached hydrogen (secondary N) is 2. The average Bonchev–Trinajstić information content (AvgIpc) is 3.13. The van der Waals surface area contributed by atoms with Gasteiger partial charge in [-0.25, -0.2) is 0 Å². The van der Waals surface area contributed by atoms with Crippen molar-refractivity contribution >= 4 is 34.2 Å². The first-order valence-electron chi connectivity index (χ1n) is 11.1. The van der Waals surface area contributed by atoms with E-state index >= 15 is 0 Å². The summed E-state index contributed by atoms with van der Waals surface area (Å²) in [6, 6.07) is 24.9. The quantitative estimate of drug-likeness (QED) is 0.354. The number of halogens is 1. The van der Waals surface area contributed by atoms with E-state index < -0.39 is 0 Å². The van der Waals surface area contributed by atoms with Crippen LogP contribution in [0.15, 0.2) is 78.9 Å². The Labute approximate surface area is 207 Å². The van der Waals surface area contributed by atoms with Gasteiger partial charge in [-0.1, -0.05) is 53.6 Å². The molecule has 0 aliphatic carbocycles. The molecule has 5 rings (SSSR count). The van der Waals surface area contributed by atoms with Crippen molar-refractivity contribution in [3.05, 3.63) is 101 Å². The van der Waals surface area contributed by atoms with Crippen molar-refractivity contribution in [2.75, 3.05) is 5.32 Å². The number of aryl methyl sites for hydroxylation is 1. The zero-order valence-electron chi connectivity index (χ0n) is 19.3. The minimum absolute atomic E-state index is 0.152. The van der Waals surface area contributed by atoms with Gasteiger partial charge in [-0.2, -0.15) is 0 Å². The molecule has 0 aliphatic rings. The summed E-state index contributed by atoms with van der Waals surface area (Å²) < 4.78 is 3.68. The van der Waals surface area contributed by atoms with Gasteiger partial charge in [-0.05, 0) is 55.0 Å². The van der Waals surface area contributed by atoms with Crippen LogP contribution < -0.4 is 10.9 Å². The Morgan fingerprint density at radius 1 is 0.971 bits per heavy atom. The number of rotatable bonds is 5. The van der Waals surface area contributed by atoms with E-state index in [-0.39, 0.29) is 11.5 Å². The van der Waals surface area contributed by atoms with E-state index in [0.29, 0.717) is 28.8 Å². The second-order valence-corrected chi connectivity index (χ2v) is 8.74. The van der Waals surface area contributed by atoms with E-state index in [1.807, 2.05) is 90.4 Å². The zero-order chi connectivity index (χ0) is 24.5. The van der Waals surface area contributed by atoms with Crippen molar-refractivity contribution in [3.63, 3.8) is 0 Å². The lowest BCUT2D eigenvalue weighted by Gasteiger charge is -2.11. The molecule has 0 atom stereocenters. The lowest BCUT2D eigenvalue weighted by atomic mass is 10.1. The van der Waals surface area contributed by atoms with Gasteiger partial charge in [0.25, 0.3) is 0 Å².